The first-order valence-electron chi connectivity index (χ1n) is 8.64. The molecule has 0 aliphatic carbocycles. The second kappa shape index (κ2) is 6.92. The van der Waals surface area contributed by atoms with Crippen LogP contribution in [0.15, 0.2) is 59.8 Å². The lowest BCUT2D eigenvalue weighted by Gasteiger charge is -2.01. The number of para-hydroxylation sites is 1. The van der Waals surface area contributed by atoms with Crippen LogP contribution in [0, 0.1) is 13.8 Å². The largest absolute Gasteiger partial charge is 0.361 e. The number of rotatable bonds is 4. The summed E-state index contributed by atoms with van der Waals surface area (Å²) in [5.41, 5.74) is 8.93. The van der Waals surface area contributed by atoms with Gasteiger partial charge < -0.3 is 4.98 Å². The maximum absolute atomic E-state index is 12.3. The highest BCUT2D eigenvalue weighted by molar-refractivity contribution is 6.00. The van der Waals surface area contributed by atoms with Crippen LogP contribution < -0.4 is 5.43 Å². The molecule has 0 radical (unpaired) electrons. The molecule has 0 saturated heterocycles. The summed E-state index contributed by atoms with van der Waals surface area (Å²) in [6.45, 7) is 4.12. The number of aryl methyl sites for hydroxylation is 2. The summed E-state index contributed by atoms with van der Waals surface area (Å²) < 4.78 is 0. The van der Waals surface area contributed by atoms with E-state index in [2.05, 4.69) is 45.6 Å². The van der Waals surface area contributed by atoms with Gasteiger partial charge in [0.1, 0.15) is 5.69 Å². The Balaban J connectivity index is 1.47. The van der Waals surface area contributed by atoms with Crippen molar-refractivity contribution in [3.05, 3.63) is 77.1 Å². The van der Waals surface area contributed by atoms with Gasteiger partial charge in [0.05, 0.1) is 11.9 Å². The van der Waals surface area contributed by atoms with Crippen LogP contribution in [0.4, 0.5) is 0 Å². The molecule has 0 aliphatic rings. The molecule has 1 amide bonds. The van der Waals surface area contributed by atoms with Crippen LogP contribution in [0.2, 0.25) is 0 Å². The van der Waals surface area contributed by atoms with E-state index < -0.39 is 0 Å². The molecule has 0 fully saturated rings. The van der Waals surface area contributed by atoms with Crippen molar-refractivity contribution in [1.29, 1.82) is 0 Å². The molecule has 4 aromatic rings. The Morgan fingerprint density at radius 2 is 1.96 bits per heavy atom. The first-order chi connectivity index (χ1) is 13.1. The van der Waals surface area contributed by atoms with E-state index >= 15 is 0 Å². The summed E-state index contributed by atoms with van der Waals surface area (Å²) in [7, 11) is 0. The number of benzene rings is 2. The molecule has 3 N–H and O–H groups in total. The number of hydrazone groups is 1. The Hall–Kier alpha value is -3.67. The molecule has 0 saturated carbocycles. The minimum absolute atomic E-state index is 0.339. The van der Waals surface area contributed by atoms with Crippen LogP contribution in [-0.4, -0.2) is 27.3 Å². The van der Waals surface area contributed by atoms with E-state index in [4.69, 9.17) is 0 Å². The van der Waals surface area contributed by atoms with Gasteiger partial charge in [-0.25, -0.2) is 5.43 Å². The number of H-pyrrole nitrogens is 2. The van der Waals surface area contributed by atoms with Crippen LogP contribution in [0.25, 0.3) is 22.2 Å². The lowest BCUT2D eigenvalue weighted by atomic mass is 10.0. The SMILES string of the molecule is Cc1ccc(-c2cc(C(=O)N/N=C\c3c[nH]c4ccccc34)[nH]n2)cc1C. The maximum Gasteiger partial charge on any atom is 0.289 e. The van der Waals surface area contributed by atoms with Crippen LogP contribution in [0.5, 0.6) is 0 Å². The fourth-order valence-corrected chi connectivity index (χ4v) is 2.91. The molecule has 6 nitrogen and oxygen atoms in total. The number of hydrogen-bond donors (Lipinski definition) is 3. The van der Waals surface area contributed by atoms with Gasteiger partial charge in [0.15, 0.2) is 0 Å². The van der Waals surface area contributed by atoms with Crippen LogP contribution >= 0.6 is 0 Å². The third-order valence-electron chi connectivity index (χ3n) is 4.62. The molecule has 27 heavy (non-hydrogen) atoms. The van der Waals surface area contributed by atoms with Crippen molar-refractivity contribution in [1.82, 2.24) is 20.6 Å². The fraction of sp³-hybridized carbons (Fsp3) is 0.0952. The molecule has 0 spiro atoms. The number of fused-ring (bicyclic) bond motifs is 1. The zero-order chi connectivity index (χ0) is 18.8. The predicted molar refractivity (Wildman–Crippen MR) is 107 cm³/mol. The molecule has 6 heteroatoms. The fourth-order valence-electron chi connectivity index (χ4n) is 2.91. The number of carbonyl (C=O) groups is 1. The Morgan fingerprint density at radius 1 is 1.11 bits per heavy atom. The molecule has 4 rings (SSSR count). The van der Waals surface area contributed by atoms with Crippen molar-refractivity contribution < 1.29 is 4.79 Å². The highest BCUT2D eigenvalue weighted by atomic mass is 16.2. The minimum Gasteiger partial charge on any atom is -0.361 e. The topological polar surface area (TPSA) is 85.9 Å². The third kappa shape index (κ3) is 3.37. The lowest BCUT2D eigenvalue weighted by Crippen LogP contribution is -2.17. The molecule has 0 aliphatic heterocycles. The van der Waals surface area contributed by atoms with E-state index in [0.717, 1.165) is 27.7 Å². The molecule has 2 aromatic heterocycles. The number of aromatic nitrogens is 3. The van der Waals surface area contributed by atoms with Crippen molar-refractivity contribution in [3.8, 4) is 11.3 Å². The number of hydrogen-bond acceptors (Lipinski definition) is 3. The molecule has 134 valence electrons. The number of amides is 1. The summed E-state index contributed by atoms with van der Waals surface area (Å²) in [4.78, 5) is 15.5. The number of nitrogens with one attached hydrogen (secondary N) is 3. The van der Waals surface area contributed by atoms with Gasteiger partial charge in [-0.1, -0.05) is 30.3 Å². The Kier molecular flexibility index (Phi) is 4.30. The van der Waals surface area contributed by atoms with Crippen LogP contribution in [0.3, 0.4) is 0 Å². The predicted octanol–water partition coefficient (Wildman–Crippen LogP) is 3.94. The van der Waals surface area contributed by atoms with Crippen molar-refractivity contribution in [2.24, 2.45) is 5.10 Å². The summed E-state index contributed by atoms with van der Waals surface area (Å²) in [6.07, 6.45) is 3.48. The summed E-state index contributed by atoms with van der Waals surface area (Å²) in [5.74, 6) is -0.339. The third-order valence-corrected chi connectivity index (χ3v) is 4.62. The number of aromatic amines is 2. The monoisotopic (exact) mass is 357 g/mol. The normalized spacial score (nSPS) is 11.3. The summed E-state index contributed by atoms with van der Waals surface area (Å²) in [5, 5.41) is 12.1. The standard InChI is InChI=1S/C21H19N5O/c1-13-7-8-15(9-14(13)2)19-10-20(25-24-19)21(27)26-23-12-16-11-22-18-6-4-3-5-17(16)18/h3-12,22H,1-2H3,(H,24,25)(H,26,27)/b23-12-. The maximum atomic E-state index is 12.3. The van der Waals surface area contributed by atoms with E-state index in [1.807, 2.05) is 42.6 Å². The van der Waals surface area contributed by atoms with Gasteiger partial charge in [0, 0.05) is 28.2 Å². The molecule has 0 atom stereocenters. The quantitative estimate of drug-likeness (QED) is 0.382. The van der Waals surface area contributed by atoms with Gasteiger partial charge in [0.2, 0.25) is 0 Å². The van der Waals surface area contributed by atoms with E-state index in [1.54, 1.807) is 12.3 Å². The first kappa shape index (κ1) is 16.8. The molecular formula is C21H19N5O. The summed E-state index contributed by atoms with van der Waals surface area (Å²) in [6, 6.07) is 15.7. The average Bonchev–Trinajstić information content (AvgIpc) is 3.32. The second-order valence-corrected chi connectivity index (χ2v) is 6.45. The van der Waals surface area contributed by atoms with E-state index in [-0.39, 0.29) is 5.91 Å². The van der Waals surface area contributed by atoms with E-state index in [9.17, 15) is 4.79 Å². The molecule has 0 unspecified atom stereocenters. The van der Waals surface area contributed by atoms with Gasteiger partial charge in [-0.15, -0.1) is 0 Å². The second-order valence-electron chi connectivity index (χ2n) is 6.45. The zero-order valence-electron chi connectivity index (χ0n) is 15.1. The van der Waals surface area contributed by atoms with Crippen molar-refractivity contribution in [2.45, 2.75) is 13.8 Å². The lowest BCUT2D eigenvalue weighted by molar-refractivity contribution is 0.0950. The van der Waals surface area contributed by atoms with E-state index in [0.29, 0.717) is 5.69 Å². The molecular weight excluding hydrogens is 338 g/mol. The molecule has 2 aromatic carbocycles. The van der Waals surface area contributed by atoms with Gasteiger partial charge in [-0.3, -0.25) is 9.89 Å². The Bertz CT molecular complexity index is 1150. The Morgan fingerprint density at radius 3 is 2.81 bits per heavy atom. The van der Waals surface area contributed by atoms with E-state index in [1.165, 1.54) is 11.1 Å². The van der Waals surface area contributed by atoms with Crippen molar-refractivity contribution in [2.75, 3.05) is 0 Å². The van der Waals surface area contributed by atoms with Gasteiger partial charge in [-0.05, 0) is 43.2 Å². The van der Waals surface area contributed by atoms with Crippen molar-refractivity contribution in [3.63, 3.8) is 0 Å². The number of carbonyl (C=O) groups excluding carboxylic acids is 1. The smallest absolute Gasteiger partial charge is 0.289 e. The van der Waals surface area contributed by atoms with Gasteiger partial charge >= 0.3 is 0 Å². The van der Waals surface area contributed by atoms with Gasteiger partial charge in [-0.2, -0.15) is 10.2 Å². The average molecular weight is 357 g/mol. The zero-order valence-corrected chi connectivity index (χ0v) is 15.1. The Labute approximate surface area is 156 Å². The first-order valence-corrected chi connectivity index (χ1v) is 8.64. The highest BCUT2D eigenvalue weighted by Gasteiger charge is 2.11. The van der Waals surface area contributed by atoms with Crippen LogP contribution in [0.1, 0.15) is 27.2 Å². The number of nitrogens with zero attached hydrogens (tertiary/aromatic N) is 2. The molecule has 0 bridgehead atoms. The highest BCUT2D eigenvalue weighted by Crippen LogP contribution is 2.21. The van der Waals surface area contributed by atoms with Crippen LogP contribution in [-0.2, 0) is 0 Å². The minimum atomic E-state index is -0.339. The summed E-state index contributed by atoms with van der Waals surface area (Å²) >= 11 is 0. The van der Waals surface area contributed by atoms with Crippen molar-refractivity contribution >= 4 is 23.0 Å². The molecule has 2 heterocycles. The van der Waals surface area contributed by atoms with Gasteiger partial charge in [0.25, 0.3) is 5.91 Å².